The molecule has 1 fully saturated rings. The van der Waals surface area contributed by atoms with Crippen molar-refractivity contribution in [2.24, 2.45) is 5.92 Å². The molecule has 4 rings (SSSR count). The lowest BCUT2D eigenvalue weighted by atomic mass is 10.4. The molecule has 0 spiro atoms. The lowest BCUT2D eigenvalue weighted by Crippen LogP contribution is -2.04. The second-order valence-electron chi connectivity index (χ2n) is 5.80. The monoisotopic (exact) mass is 331 g/mol. The number of aromatic amines is 1. The van der Waals surface area contributed by atoms with Crippen LogP contribution in [-0.4, -0.2) is 35.8 Å². The third kappa shape index (κ3) is 3.27. The van der Waals surface area contributed by atoms with Crippen molar-refractivity contribution >= 4 is 32.0 Å². The van der Waals surface area contributed by atoms with Crippen molar-refractivity contribution in [1.82, 2.24) is 29.9 Å². The molecule has 2 N–H and O–H groups in total. The van der Waals surface area contributed by atoms with Crippen LogP contribution in [0, 0.1) is 5.92 Å². The summed E-state index contributed by atoms with van der Waals surface area (Å²) in [5.41, 5.74) is 1.60. The summed E-state index contributed by atoms with van der Waals surface area (Å²) < 4.78 is 7.45. The van der Waals surface area contributed by atoms with E-state index in [1.807, 2.05) is 11.6 Å². The maximum Gasteiger partial charge on any atom is 0.211 e. The van der Waals surface area contributed by atoms with Gasteiger partial charge in [0.05, 0.1) is 12.4 Å². The van der Waals surface area contributed by atoms with Crippen molar-refractivity contribution < 1.29 is 4.74 Å². The Bertz CT molecular complexity index is 824. The van der Waals surface area contributed by atoms with E-state index in [4.69, 9.17) is 4.74 Å². The first-order valence-electron chi connectivity index (χ1n) is 7.60. The zero-order valence-corrected chi connectivity index (χ0v) is 13.9. The molecular formula is C14H18N7OP. The Labute approximate surface area is 135 Å². The molecule has 8 nitrogen and oxygen atoms in total. The van der Waals surface area contributed by atoms with Gasteiger partial charge in [-0.15, -0.1) is 0 Å². The first kappa shape index (κ1) is 14.4. The molecule has 3 heterocycles. The number of ether oxygens (including phenoxy) is 1. The van der Waals surface area contributed by atoms with Crippen LogP contribution in [-0.2, 0) is 6.54 Å². The first-order chi connectivity index (χ1) is 11.2. The van der Waals surface area contributed by atoms with Crippen LogP contribution in [0.4, 0.5) is 11.6 Å². The Morgan fingerprint density at radius 3 is 3.09 bits per heavy atom. The number of H-pyrrole nitrogens is 1. The van der Waals surface area contributed by atoms with E-state index in [0.717, 1.165) is 23.6 Å². The molecule has 2 atom stereocenters. The van der Waals surface area contributed by atoms with Crippen molar-refractivity contribution in [3.63, 3.8) is 0 Å². The molecule has 1 saturated carbocycles. The van der Waals surface area contributed by atoms with Crippen LogP contribution in [0.1, 0.15) is 19.8 Å². The lowest BCUT2D eigenvalue weighted by molar-refractivity contribution is 0.294. The number of anilines is 2. The quantitative estimate of drug-likeness (QED) is 0.673. The summed E-state index contributed by atoms with van der Waals surface area (Å²) in [5, 5.41) is 14.5. The Morgan fingerprint density at radius 1 is 1.43 bits per heavy atom. The van der Waals surface area contributed by atoms with Crippen LogP contribution in [0.2, 0.25) is 0 Å². The van der Waals surface area contributed by atoms with Crippen LogP contribution >= 0.6 is 9.24 Å². The maximum atomic E-state index is 5.51. The van der Waals surface area contributed by atoms with Crippen molar-refractivity contribution in [2.75, 3.05) is 5.32 Å². The van der Waals surface area contributed by atoms with E-state index in [1.54, 1.807) is 18.5 Å². The Hall–Kier alpha value is -2.21. The standard InChI is InChI=1S/C14H18N7OP/c1-8(23)22-13-4-11(19-20-13)17-12-6-15-10-5-16-21(14(10)18-12)7-9-2-3-9/h4-6,8-9H,2-3,7,23H2,1H3,(H2,17,18,19,20). The fraction of sp³-hybridized carbons (Fsp3) is 0.429. The molecule has 0 aromatic carbocycles. The Balaban J connectivity index is 1.54. The Kier molecular flexibility index (Phi) is 3.61. The number of hydrogen-bond acceptors (Lipinski definition) is 6. The van der Waals surface area contributed by atoms with Crippen LogP contribution in [0.5, 0.6) is 5.88 Å². The zero-order chi connectivity index (χ0) is 15.8. The predicted octanol–water partition coefficient (Wildman–Crippen LogP) is 2.30. The van der Waals surface area contributed by atoms with Gasteiger partial charge in [-0.05, 0) is 25.7 Å². The van der Waals surface area contributed by atoms with Gasteiger partial charge >= 0.3 is 0 Å². The lowest BCUT2D eigenvalue weighted by Gasteiger charge is -2.05. The van der Waals surface area contributed by atoms with Crippen molar-refractivity contribution in [1.29, 1.82) is 0 Å². The molecule has 2 unspecified atom stereocenters. The van der Waals surface area contributed by atoms with Gasteiger partial charge in [-0.25, -0.2) is 19.7 Å². The van der Waals surface area contributed by atoms with Crippen LogP contribution < -0.4 is 10.1 Å². The minimum absolute atomic E-state index is 0.0104. The highest BCUT2D eigenvalue weighted by Gasteiger charge is 2.23. The molecule has 9 heteroatoms. The van der Waals surface area contributed by atoms with Gasteiger partial charge in [0.15, 0.2) is 17.3 Å². The number of nitrogens with zero attached hydrogens (tertiary/aromatic N) is 5. The van der Waals surface area contributed by atoms with E-state index in [1.165, 1.54) is 12.8 Å². The summed E-state index contributed by atoms with van der Waals surface area (Å²) in [7, 11) is 2.57. The SMILES string of the molecule is CC(P)Oc1cc(Nc2cnc3cnn(CC4CC4)c3n2)n[nH]1. The molecule has 23 heavy (non-hydrogen) atoms. The average Bonchev–Trinajstić information content (AvgIpc) is 3.09. The van der Waals surface area contributed by atoms with Crippen LogP contribution in [0.3, 0.4) is 0 Å². The molecule has 0 radical (unpaired) electrons. The first-order valence-corrected chi connectivity index (χ1v) is 8.27. The Morgan fingerprint density at radius 2 is 2.30 bits per heavy atom. The molecule has 0 amide bonds. The third-order valence-corrected chi connectivity index (χ3v) is 3.73. The van der Waals surface area contributed by atoms with E-state index >= 15 is 0 Å². The summed E-state index contributed by atoms with van der Waals surface area (Å²) >= 11 is 0. The van der Waals surface area contributed by atoms with E-state index in [0.29, 0.717) is 17.5 Å². The number of fused-ring (bicyclic) bond motifs is 1. The van der Waals surface area contributed by atoms with E-state index in [-0.39, 0.29) is 5.85 Å². The number of hydrogen-bond donors (Lipinski definition) is 2. The molecular weight excluding hydrogens is 313 g/mol. The van der Waals surface area contributed by atoms with E-state index in [9.17, 15) is 0 Å². The number of aromatic nitrogens is 6. The molecule has 0 saturated heterocycles. The fourth-order valence-electron chi connectivity index (χ4n) is 2.35. The molecule has 0 bridgehead atoms. The minimum atomic E-state index is 0.0104. The highest BCUT2D eigenvalue weighted by atomic mass is 31.0. The largest absolute Gasteiger partial charge is 0.471 e. The zero-order valence-electron chi connectivity index (χ0n) is 12.7. The fourth-order valence-corrected chi connectivity index (χ4v) is 2.49. The second-order valence-corrected chi connectivity index (χ2v) is 6.74. The molecule has 1 aliphatic carbocycles. The van der Waals surface area contributed by atoms with Gasteiger partial charge in [0.1, 0.15) is 11.4 Å². The number of nitrogens with one attached hydrogen (secondary N) is 2. The van der Waals surface area contributed by atoms with Gasteiger partial charge in [-0.3, -0.25) is 0 Å². The molecule has 0 aliphatic heterocycles. The molecule has 3 aromatic rings. The summed E-state index contributed by atoms with van der Waals surface area (Å²) in [6.07, 6.45) is 5.99. The third-order valence-electron chi connectivity index (χ3n) is 3.60. The van der Waals surface area contributed by atoms with Gasteiger partial charge in [0.2, 0.25) is 5.88 Å². The highest BCUT2D eigenvalue weighted by molar-refractivity contribution is 7.17. The summed E-state index contributed by atoms with van der Waals surface area (Å²) in [6.45, 7) is 2.84. The minimum Gasteiger partial charge on any atom is -0.471 e. The normalized spacial score (nSPS) is 15.7. The predicted molar refractivity (Wildman–Crippen MR) is 89.7 cm³/mol. The second kappa shape index (κ2) is 5.77. The van der Waals surface area contributed by atoms with Crippen LogP contribution in [0.15, 0.2) is 18.5 Å². The van der Waals surface area contributed by atoms with Crippen LogP contribution in [0.25, 0.3) is 11.2 Å². The van der Waals surface area contributed by atoms with Crippen molar-refractivity contribution in [3.05, 3.63) is 18.5 Å². The number of rotatable bonds is 6. The van der Waals surface area contributed by atoms with Crippen molar-refractivity contribution in [2.45, 2.75) is 32.2 Å². The highest BCUT2D eigenvalue weighted by Crippen LogP contribution is 2.31. The smallest absolute Gasteiger partial charge is 0.211 e. The van der Waals surface area contributed by atoms with Gasteiger partial charge in [-0.2, -0.15) is 10.2 Å². The summed E-state index contributed by atoms with van der Waals surface area (Å²) in [5.74, 6) is 2.61. The van der Waals surface area contributed by atoms with Gasteiger partial charge in [-0.1, -0.05) is 9.24 Å². The molecule has 1 aliphatic rings. The maximum absolute atomic E-state index is 5.51. The average molecular weight is 331 g/mol. The van der Waals surface area contributed by atoms with E-state index in [2.05, 4.69) is 39.8 Å². The van der Waals surface area contributed by atoms with Gasteiger partial charge in [0.25, 0.3) is 0 Å². The molecule has 3 aromatic heterocycles. The molecule has 120 valence electrons. The van der Waals surface area contributed by atoms with E-state index < -0.39 is 0 Å². The van der Waals surface area contributed by atoms with Crippen molar-refractivity contribution in [3.8, 4) is 5.88 Å². The van der Waals surface area contributed by atoms with Gasteiger partial charge < -0.3 is 10.1 Å². The van der Waals surface area contributed by atoms with Gasteiger partial charge in [0, 0.05) is 12.6 Å². The summed E-state index contributed by atoms with van der Waals surface area (Å²) in [6, 6.07) is 1.79. The summed E-state index contributed by atoms with van der Waals surface area (Å²) in [4.78, 5) is 9.01. The topological polar surface area (TPSA) is 93.5 Å².